The van der Waals surface area contributed by atoms with E-state index in [1.54, 1.807) is 0 Å². The highest BCUT2D eigenvalue weighted by Crippen LogP contribution is 2.20. The van der Waals surface area contributed by atoms with E-state index in [4.69, 9.17) is 10.5 Å². The van der Waals surface area contributed by atoms with Crippen LogP contribution in [0.1, 0.15) is 25.5 Å². The number of benzene rings is 1. The number of para-hydroxylation sites is 1. The molecular weight excluding hydrogens is 204 g/mol. The molecule has 0 aliphatic rings. The molecule has 0 saturated heterocycles. The molecule has 1 aromatic carbocycles. The van der Waals surface area contributed by atoms with Gasteiger partial charge in [0.05, 0.1) is 0 Å². The lowest BCUT2D eigenvalue weighted by Crippen LogP contribution is -2.20. The van der Waals surface area contributed by atoms with Gasteiger partial charge >= 0.3 is 0 Å². The molecule has 0 aliphatic heterocycles. The van der Waals surface area contributed by atoms with Crippen LogP contribution in [0.3, 0.4) is 0 Å². The Morgan fingerprint density at radius 3 is 2.81 bits per heavy atom. The van der Waals surface area contributed by atoms with Gasteiger partial charge in [-0.15, -0.1) is 0 Å². The first-order chi connectivity index (χ1) is 7.65. The van der Waals surface area contributed by atoms with Crippen LogP contribution >= 0.6 is 0 Å². The molecule has 88 valence electrons. The molecule has 0 aliphatic carbocycles. The summed E-state index contributed by atoms with van der Waals surface area (Å²) in [6, 6.07) is 7.39. The van der Waals surface area contributed by atoms with Crippen LogP contribution in [0.25, 0.3) is 0 Å². The number of ether oxygens (including phenoxy) is 1. The SMILES string of the molecule is CCOCC(=O)Nc1ccccc1C(C)N. The third-order valence-electron chi connectivity index (χ3n) is 2.16. The molecule has 1 unspecified atom stereocenters. The van der Waals surface area contributed by atoms with Gasteiger partial charge in [-0.1, -0.05) is 18.2 Å². The zero-order valence-electron chi connectivity index (χ0n) is 9.69. The first kappa shape index (κ1) is 12.7. The summed E-state index contributed by atoms with van der Waals surface area (Å²) in [5.41, 5.74) is 7.48. The van der Waals surface area contributed by atoms with Crippen molar-refractivity contribution < 1.29 is 9.53 Å². The van der Waals surface area contributed by atoms with Crippen LogP contribution in [0.5, 0.6) is 0 Å². The minimum atomic E-state index is -0.157. The summed E-state index contributed by atoms with van der Waals surface area (Å²) in [5.74, 6) is -0.157. The lowest BCUT2D eigenvalue weighted by atomic mass is 10.1. The maximum Gasteiger partial charge on any atom is 0.250 e. The second kappa shape index (κ2) is 6.25. The van der Waals surface area contributed by atoms with E-state index in [1.807, 2.05) is 38.1 Å². The van der Waals surface area contributed by atoms with Crippen molar-refractivity contribution in [3.05, 3.63) is 29.8 Å². The standard InChI is InChI=1S/C12H18N2O2/c1-3-16-8-12(15)14-11-7-5-4-6-10(11)9(2)13/h4-7,9H,3,8,13H2,1-2H3,(H,14,15). The molecule has 0 radical (unpaired) electrons. The topological polar surface area (TPSA) is 64.3 Å². The predicted molar refractivity (Wildman–Crippen MR) is 64.2 cm³/mol. The first-order valence-electron chi connectivity index (χ1n) is 5.37. The normalized spacial score (nSPS) is 12.2. The van der Waals surface area contributed by atoms with E-state index < -0.39 is 0 Å². The van der Waals surface area contributed by atoms with Gasteiger partial charge in [0.2, 0.25) is 5.91 Å². The van der Waals surface area contributed by atoms with E-state index in [1.165, 1.54) is 0 Å². The van der Waals surface area contributed by atoms with Gasteiger partial charge in [-0.05, 0) is 25.5 Å². The van der Waals surface area contributed by atoms with Gasteiger partial charge in [-0.3, -0.25) is 4.79 Å². The van der Waals surface area contributed by atoms with E-state index >= 15 is 0 Å². The Morgan fingerprint density at radius 2 is 2.19 bits per heavy atom. The fraction of sp³-hybridized carbons (Fsp3) is 0.417. The molecule has 3 N–H and O–H groups in total. The molecule has 1 aromatic rings. The van der Waals surface area contributed by atoms with Crippen molar-refractivity contribution in [2.24, 2.45) is 5.73 Å². The molecule has 4 nitrogen and oxygen atoms in total. The number of hydrogen-bond acceptors (Lipinski definition) is 3. The van der Waals surface area contributed by atoms with Crippen molar-refractivity contribution >= 4 is 11.6 Å². The number of nitrogens with one attached hydrogen (secondary N) is 1. The lowest BCUT2D eigenvalue weighted by molar-refractivity contribution is -0.120. The van der Waals surface area contributed by atoms with E-state index in [9.17, 15) is 4.79 Å². The van der Waals surface area contributed by atoms with Crippen LogP contribution in [0.15, 0.2) is 24.3 Å². The van der Waals surface area contributed by atoms with Crippen molar-refractivity contribution in [2.75, 3.05) is 18.5 Å². The molecule has 0 spiro atoms. The summed E-state index contributed by atoms with van der Waals surface area (Å²) in [6.45, 7) is 4.34. The Morgan fingerprint density at radius 1 is 1.50 bits per heavy atom. The summed E-state index contributed by atoms with van der Waals surface area (Å²) in [7, 11) is 0. The van der Waals surface area contributed by atoms with Crippen LogP contribution in [0, 0.1) is 0 Å². The van der Waals surface area contributed by atoms with Gasteiger partial charge in [-0.2, -0.15) is 0 Å². The van der Waals surface area contributed by atoms with Crippen molar-refractivity contribution in [3.8, 4) is 0 Å². The lowest BCUT2D eigenvalue weighted by Gasteiger charge is -2.13. The van der Waals surface area contributed by atoms with Crippen molar-refractivity contribution in [3.63, 3.8) is 0 Å². The summed E-state index contributed by atoms with van der Waals surface area (Å²) in [5, 5.41) is 2.78. The van der Waals surface area contributed by atoms with Crippen molar-refractivity contribution in [1.29, 1.82) is 0 Å². The average molecular weight is 222 g/mol. The van der Waals surface area contributed by atoms with Crippen LogP contribution in [-0.2, 0) is 9.53 Å². The van der Waals surface area contributed by atoms with E-state index in [2.05, 4.69) is 5.32 Å². The van der Waals surface area contributed by atoms with E-state index in [0.29, 0.717) is 6.61 Å². The minimum Gasteiger partial charge on any atom is -0.372 e. The van der Waals surface area contributed by atoms with Gasteiger partial charge in [0.25, 0.3) is 0 Å². The fourth-order valence-corrected chi connectivity index (χ4v) is 1.39. The van der Waals surface area contributed by atoms with Crippen LogP contribution in [0.2, 0.25) is 0 Å². The fourth-order valence-electron chi connectivity index (χ4n) is 1.39. The third kappa shape index (κ3) is 3.64. The maximum atomic E-state index is 11.5. The molecule has 0 fully saturated rings. The second-order valence-electron chi connectivity index (χ2n) is 3.56. The predicted octanol–water partition coefficient (Wildman–Crippen LogP) is 1.68. The quantitative estimate of drug-likeness (QED) is 0.796. The van der Waals surface area contributed by atoms with Crippen LogP contribution in [0.4, 0.5) is 5.69 Å². The van der Waals surface area contributed by atoms with Crippen molar-refractivity contribution in [2.45, 2.75) is 19.9 Å². The molecule has 1 amide bonds. The number of hydrogen-bond donors (Lipinski definition) is 2. The van der Waals surface area contributed by atoms with Crippen LogP contribution < -0.4 is 11.1 Å². The molecular formula is C12H18N2O2. The third-order valence-corrected chi connectivity index (χ3v) is 2.16. The molecule has 0 heterocycles. The number of rotatable bonds is 5. The molecule has 1 atom stereocenters. The van der Waals surface area contributed by atoms with Gasteiger partial charge in [0.15, 0.2) is 0 Å². The monoisotopic (exact) mass is 222 g/mol. The number of carbonyl (C=O) groups is 1. The Kier molecular flexibility index (Phi) is 4.95. The molecule has 0 bridgehead atoms. The maximum absolute atomic E-state index is 11.5. The Labute approximate surface area is 95.8 Å². The van der Waals surface area contributed by atoms with Crippen LogP contribution in [-0.4, -0.2) is 19.1 Å². The highest BCUT2D eigenvalue weighted by atomic mass is 16.5. The number of nitrogens with two attached hydrogens (primary N) is 1. The number of anilines is 1. The largest absolute Gasteiger partial charge is 0.372 e. The van der Waals surface area contributed by atoms with Gasteiger partial charge in [0.1, 0.15) is 6.61 Å². The molecule has 0 saturated carbocycles. The molecule has 0 aromatic heterocycles. The zero-order chi connectivity index (χ0) is 12.0. The smallest absolute Gasteiger partial charge is 0.250 e. The van der Waals surface area contributed by atoms with Gasteiger partial charge in [0, 0.05) is 18.3 Å². The summed E-state index contributed by atoms with van der Waals surface area (Å²) >= 11 is 0. The van der Waals surface area contributed by atoms with Crippen molar-refractivity contribution in [1.82, 2.24) is 0 Å². The molecule has 16 heavy (non-hydrogen) atoms. The highest BCUT2D eigenvalue weighted by Gasteiger charge is 2.08. The first-order valence-corrected chi connectivity index (χ1v) is 5.37. The van der Waals surface area contributed by atoms with E-state index in [-0.39, 0.29) is 18.6 Å². The number of amides is 1. The Hall–Kier alpha value is -1.39. The number of carbonyl (C=O) groups excluding carboxylic acids is 1. The molecule has 1 rings (SSSR count). The van der Waals surface area contributed by atoms with Gasteiger partial charge in [-0.25, -0.2) is 0 Å². The second-order valence-corrected chi connectivity index (χ2v) is 3.56. The zero-order valence-corrected chi connectivity index (χ0v) is 9.69. The summed E-state index contributed by atoms with van der Waals surface area (Å²) in [6.07, 6.45) is 0. The summed E-state index contributed by atoms with van der Waals surface area (Å²) < 4.78 is 5.02. The average Bonchev–Trinajstić information content (AvgIpc) is 2.27. The van der Waals surface area contributed by atoms with E-state index in [0.717, 1.165) is 11.3 Å². The Balaban J connectivity index is 2.69. The molecule has 4 heteroatoms. The summed E-state index contributed by atoms with van der Waals surface area (Å²) in [4.78, 5) is 11.5. The Bertz CT molecular complexity index is 351. The minimum absolute atomic E-state index is 0.0732. The van der Waals surface area contributed by atoms with Gasteiger partial charge < -0.3 is 15.8 Å². The highest BCUT2D eigenvalue weighted by molar-refractivity contribution is 5.92.